The van der Waals surface area contributed by atoms with Gasteiger partial charge in [-0.25, -0.2) is 18.7 Å². The van der Waals surface area contributed by atoms with Gasteiger partial charge in [0.25, 0.3) is 0 Å². The van der Waals surface area contributed by atoms with Crippen molar-refractivity contribution in [2.45, 2.75) is 18.9 Å². The summed E-state index contributed by atoms with van der Waals surface area (Å²) in [4.78, 5) is 8.09. The van der Waals surface area contributed by atoms with Crippen LogP contribution < -0.4 is 5.32 Å². The number of halogens is 2. The highest BCUT2D eigenvalue weighted by atomic mass is 19.1. The van der Waals surface area contributed by atoms with E-state index < -0.39 is 11.6 Å². The molecule has 5 heteroatoms. The molecule has 0 unspecified atom stereocenters. The third kappa shape index (κ3) is 2.30. The van der Waals surface area contributed by atoms with Gasteiger partial charge in [-0.1, -0.05) is 0 Å². The second-order valence-electron chi connectivity index (χ2n) is 4.33. The summed E-state index contributed by atoms with van der Waals surface area (Å²) in [5.74, 6) is -0.543. The summed E-state index contributed by atoms with van der Waals surface area (Å²) in [5, 5.41) is 3.21. The van der Waals surface area contributed by atoms with Gasteiger partial charge in [0.2, 0.25) is 0 Å². The Balaban J connectivity index is 1.94. The average Bonchev–Trinajstić information content (AvgIpc) is 3.13. The van der Waals surface area contributed by atoms with E-state index in [1.165, 1.54) is 18.5 Å². The highest BCUT2D eigenvalue weighted by Gasteiger charge is 2.21. The van der Waals surface area contributed by atoms with E-state index in [1.54, 1.807) is 6.07 Å². The summed E-state index contributed by atoms with van der Waals surface area (Å²) in [6.07, 6.45) is 3.64. The summed E-state index contributed by atoms with van der Waals surface area (Å²) in [6, 6.07) is 5.59. The highest BCUT2D eigenvalue weighted by Crippen LogP contribution is 2.26. The zero-order chi connectivity index (χ0) is 12.5. The van der Waals surface area contributed by atoms with Gasteiger partial charge in [-0.15, -0.1) is 0 Å². The van der Waals surface area contributed by atoms with Gasteiger partial charge < -0.3 is 5.32 Å². The monoisotopic (exact) mass is 247 g/mol. The van der Waals surface area contributed by atoms with Crippen LogP contribution in [0.1, 0.15) is 12.8 Å². The Kier molecular flexibility index (Phi) is 2.66. The van der Waals surface area contributed by atoms with Crippen molar-refractivity contribution in [3.8, 4) is 11.3 Å². The molecule has 0 atom stereocenters. The molecule has 1 heterocycles. The molecule has 1 aliphatic rings. The molecule has 0 radical (unpaired) electrons. The standard InChI is InChI=1S/C13H11F2N3/c14-8-1-4-10(11(15)5-8)12-6-13(17-7-16-12)18-9-2-3-9/h1,4-7,9H,2-3H2,(H,16,17,18). The van der Waals surface area contributed by atoms with Crippen LogP contribution in [0.15, 0.2) is 30.6 Å². The van der Waals surface area contributed by atoms with Crippen molar-refractivity contribution < 1.29 is 8.78 Å². The minimum absolute atomic E-state index is 0.276. The number of hydrogen-bond acceptors (Lipinski definition) is 3. The van der Waals surface area contributed by atoms with E-state index in [2.05, 4.69) is 15.3 Å². The zero-order valence-electron chi connectivity index (χ0n) is 9.53. The van der Waals surface area contributed by atoms with Crippen LogP contribution in [-0.2, 0) is 0 Å². The fourth-order valence-electron chi connectivity index (χ4n) is 1.72. The fourth-order valence-corrected chi connectivity index (χ4v) is 1.72. The van der Waals surface area contributed by atoms with Crippen molar-refractivity contribution >= 4 is 5.82 Å². The van der Waals surface area contributed by atoms with Crippen molar-refractivity contribution in [2.75, 3.05) is 5.32 Å². The molecule has 1 saturated carbocycles. The van der Waals surface area contributed by atoms with Crippen molar-refractivity contribution in [1.29, 1.82) is 0 Å². The van der Waals surface area contributed by atoms with Crippen LogP contribution in [0.3, 0.4) is 0 Å². The van der Waals surface area contributed by atoms with Crippen LogP contribution in [0.25, 0.3) is 11.3 Å². The number of nitrogens with one attached hydrogen (secondary N) is 1. The van der Waals surface area contributed by atoms with E-state index in [0.29, 0.717) is 17.6 Å². The van der Waals surface area contributed by atoms with Crippen LogP contribution in [0.4, 0.5) is 14.6 Å². The van der Waals surface area contributed by atoms with Gasteiger partial charge in [0, 0.05) is 23.7 Å². The Labute approximate surface area is 103 Å². The second-order valence-corrected chi connectivity index (χ2v) is 4.33. The lowest BCUT2D eigenvalue weighted by Gasteiger charge is -2.06. The summed E-state index contributed by atoms with van der Waals surface area (Å²) < 4.78 is 26.5. The molecular weight excluding hydrogens is 236 g/mol. The number of benzene rings is 1. The molecule has 0 spiro atoms. The molecule has 1 aromatic heterocycles. The Morgan fingerprint density at radius 3 is 2.67 bits per heavy atom. The zero-order valence-corrected chi connectivity index (χ0v) is 9.53. The van der Waals surface area contributed by atoms with Gasteiger partial charge in [-0.05, 0) is 25.0 Å². The molecule has 1 aromatic carbocycles. The second kappa shape index (κ2) is 4.33. The molecule has 0 saturated heterocycles. The van der Waals surface area contributed by atoms with Crippen molar-refractivity contribution in [2.24, 2.45) is 0 Å². The highest BCUT2D eigenvalue weighted by molar-refractivity contribution is 5.62. The number of nitrogens with zero attached hydrogens (tertiary/aromatic N) is 2. The Hall–Kier alpha value is -2.04. The number of hydrogen-bond donors (Lipinski definition) is 1. The third-order valence-electron chi connectivity index (χ3n) is 2.80. The molecule has 0 amide bonds. The Bertz CT molecular complexity index is 582. The molecule has 18 heavy (non-hydrogen) atoms. The summed E-state index contributed by atoms with van der Waals surface area (Å²) >= 11 is 0. The number of anilines is 1. The largest absolute Gasteiger partial charge is 0.367 e. The van der Waals surface area contributed by atoms with Crippen LogP contribution in [0.5, 0.6) is 0 Å². The molecular formula is C13H11F2N3. The van der Waals surface area contributed by atoms with E-state index in [4.69, 9.17) is 0 Å². The van der Waals surface area contributed by atoms with E-state index in [0.717, 1.165) is 18.9 Å². The fraction of sp³-hybridized carbons (Fsp3) is 0.231. The first-order chi connectivity index (χ1) is 8.72. The molecule has 1 aliphatic carbocycles. The quantitative estimate of drug-likeness (QED) is 0.906. The van der Waals surface area contributed by atoms with Crippen LogP contribution in [0.2, 0.25) is 0 Å². The van der Waals surface area contributed by atoms with Crippen molar-refractivity contribution in [3.05, 3.63) is 42.2 Å². The van der Waals surface area contributed by atoms with Gasteiger partial charge in [-0.3, -0.25) is 0 Å². The number of rotatable bonds is 3. The van der Waals surface area contributed by atoms with E-state index in [9.17, 15) is 8.78 Å². The van der Waals surface area contributed by atoms with Crippen LogP contribution in [-0.4, -0.2) is 16.0 Å². The van der Waals surface area contributed by atoms with E-state index in [1.807, 2.05) is 0 Å². The SMILES string of the molecule is Fc1ccc(-c2cc(NC3CC3)ncn2)c(F)c1. The topological polar surface area (TPSA) is 37.8 Å². The molecule has 2 aromatic rings. The Morgan fingerprint density at radius 1 is 1.11 bits per heavy atom. The van der Waals surface area contributed by atoms with Crippen LogP contribution >= 0.6 is 0 Å². The molecule has 1 fully saturated rings. The first-order valence-corrected chi connectivity index (χ1v) is 5.76. The minimum atomic E-state index is -0.619. The molecule has 0 bridgehead atoms. The first kappa shape index (κ1) is 11.1. The van der Waals surface area contributed by atoms with Crippen molar-refractivity contribution in [1.82, 2.24) is 9.97 Å². The first-order valence-electron chi connectivity index (χ1n) is 5.76. The lowest BCUT2D eigenvalue weighted by Crippen LogP contribution is -2.03. The van der Waals surface area contributed by atoms with Crippen molar-refractivity contribution in [3.63, 3.8) is 0 Å². The lowest BCUT2D eigenvalue weighted by atomic mass is 10.1. The third-order valence-corrected chi connectivity index (χ3v) is 2.80. The molecule has 0 aliphatic heterocycles. The number of aromatic nitrogens is 2. The maximum absolute atomic E-state index is 13.6. The smallest absolute Gasteiger partial charge is 0.135 e. The molecule has 3 rings (SSSR count). The predicted octanol–water partition coefficient (Wildman–Crippen LogP) is 3.00. The molecule has 1 N–H and O–H groups in total. The normalized spacial score (nSPS) is 14.6. The summed E-state index contributed by atoms with van der Waals surface area (Å²) in [6.45, 7) is 0. The minimum Gasteiger partial charge on any atom is -0.367 e. The van der Waals surface area contributed by atoms with E-state index >= 15 is 0 Å². The predicted molar refractivity (Wildman–Crippen MR) is 64.0 cm³/mol. The van der Waals surface area contributed by atoms with Gasteiger partial charge in [0.1, 0.15) is 23.8 Å². The maximum atomic E-state index is 13.6. The molecule has 3 nitrogen and oxygen atoms in total. The average molecular weight is 247 g/mol. The van der Waals surface area contributed by atoms with Gasteiger partial charge in [0.05, 0.1) is 5.69 Å². The maximum Gasteiger partial charge on any atom is 0.135 e. The summed E-state index contributed by atoms with van der Waals surface area (Å²) in [5.41, 5.74) is 0.725. The van der Waals surface area contributed by atoms with Gasteiger partial charge in [-0.2, -0.15) is 0 Å². The van der Waals surface area contributed by atoms with E-state index in [-0.39, 0.29) is 5.56 Å². The van der Waals surface area contributed by atoms with Gasteiger partial charge >= 0.3 is 0 Å². The molecule has 92 valence electrons. The lowest BCUT2D eigenvalue weighted by molar-refractivity contribution is 0.585. The summed E-state index contributed by atoms with van der Waals surface area (Å²) in [7, 11) is 0. The Morgan fingerprint density at radius 2 is 1.94 bits per heavy atom. The van der Waals surface area contributed by atoms with Crippen LogP contribution in [0, 0.1) is 11.6 Å². The van der Waals surface area contributed by atoms with Gasteiger partial charge in [0.15, 0.2) is 0 Å².